The van der Waals surface area contributed by atoms with Crippen LogP contribution in [0.3, 0.4) is 0 Å². The number of aliphatic hydroxyl groups excluding tert-OH is 1. The third-order valence-electron chi connectivity index (χ3n) is 5.17. The van der Waals surface area contributed by atoms with E-state index in [2.05, 4.69) is 5.32 Å². The van der Waals surface area contributed by atoms with Gasteiger partial charge in [-0.25, -0.2) is 0 Å². The third-order valence-corrected chi connectivity index (χ3v) is 5.17. The van der Waals surface area contributed by atoms with Gasteiger partial charge in [-0.1, -0.05) is 32.0 Å². The normalized spacial score (nSPS) is 22.5. The summed E-state index contributed by atoms with van der Waals surface area (Å²) in [6.45, 7) is 4.01. The van der Waals surface area contributed by atoms with Crippen LogP contribution in [-0.2, 0) is 9.59 Å². The van der Waals surface area contributed by atoms with Crippen molar-refractivity contribution in [3.8, 4) is 0 Å². The molecule has 0 aliphatic carbocycles. The first-order chi connectivity index (χ1) is 12.8. The highest BCUT2D eigenvalue weighted by molar-refractivity contribution is 5.96. The number of nitrogens with zero attached hydrogens (tertiary/aromatic N) is 1. The lowest BCUT2D eigenvalue weighted by Gasteiger charge is -2.43. The summed E-state index contributed by atoms with van der Waals surface area (Å²) < 4.78 is 0. The first-order valence-electron chi connectivity index (χ1n) is 9.29. The Hall–Kier alpha value is -2.41. The zero-order valence-electron chi connectivity index (χ0n) is 15.9. The number of aliphatic hydroxyl groups is 1. The third kappa shape index (κ3) is 5.07. The Bertz CT molecular complexity index is 676. The number of carbonyl (C=O) groups excluding carboxylic acids is 2. The van der Waals surface area contributed by atoms with Crippen LogP contribution in [0.1, 0.15) is 43.5 Å². The minimum absolute atomic E-state index is 0.0454. The molecule has 0 unspecified atom stereocenters. The van der Waals surface area contributed by atoms with Crippen LogP contribution in [0.2, 0.25) is 0 Å². The van der Waals surface area contributed by atoms with Gasteiger partial charge in [-0.2, -0.15) is 0 Å². The number of likely N-dealkylation sites (tertiary alicyclic amines) is 1. The van der Waals surface area contributed by atoms with E-state index in [9.17, 15) is 24.6 Å². The molecule has 2 atom stereocenters. The molecule has 1 aliphatic heterocycles. The summed E-state index contributed by atoms with van der Waals surface area (Å²) in [7, 11) is 0. The van der Waals surface area contributed by atoms with Gasteiger partial charge in [0.1, 0.15) is 5.41 Å². The number of piperidine rings is 1. The molecule has 1 aromatic rings. The molecule has 7 nitrogen and oxygen atoms in total. The van der Waals surface area contributed by atoms with Crippen molar-refractivity contribution < 1.29 is 24.6 Å². The van der Waals surface area contributed by atoms with Gasteiger partial charge in [-0.05, 0) is 37.3 Å². The summed E-state index contributed by atoms with van der Waals surface area (Å²) in [5.74, 6) is -1.49. The van der Waals surface area contributed by atoms with Crippen LogP contribution in [0.15, 0.2) is 30.3 Å². The maximum absolute atomic E-state index is 12.5. The highest BCUT2D eigenvalue weighted by Gasteiger charge is 2.49. The molecule has 7 heteroatoms. The summed E-state index contributed by atoms with van der Waals surface area (Å²) in [6, 6.07) is 8.57. The van der Waals surface area contributed by atoms with Crippen molar-refractivity contribution in [2.75, 3.05) is 19.6 Å². The maximum Gasteiger partial charge on any atom is 0.314 e. The van der Waals surface area contributed by atoms with Crippen molar-refractivity contribution in [2.24, 2.45) is 11.3 Å². The molecule has 0 bridgehead atoms. The second-order valence-corrected chi connectivity index (χ2v) is 7.56. The Kier molecular flexibility index (Phi) is 6.96. The number of carboxylic acid groups (broad SMARTS) is 1. The number of aliphatic carboxylic acids is 1. The molecule has 1 aliphatic rings. The van der Waals surface area contributed by atoms with Crippen molar-refractivity contribution in [3.63, 3.8) is 0 Å². The summed E-state index contributed by atoms with van der Waals surface area (Å²) in [5, 5.41) is 22.7. The van der Waals surface area contributed by atoms with Crippen molar-refractivity contribution in [1.82, 2.24) is 10.2 Å². The molecule has 27 heavy (non-hydrogen) atoms. The molecule has 2 rings (SSSR count). The van der Waals surface area contributed by atoms with Gasteiger partial charge < -0.3 is 20.4 Å². The highest BCUT2D eigenvalue weighted by Crippen LogP contribution is 2.36. The van der Waals surface area contributed by atoms with Gasteiger partial charge in [-0.15, -0.1) is 0 Å². The number of amides is 2. The van der Waals surface area contributed by atoms with E-state index in [1.807, 2.05) is 13.8 Å². The Morgan fingerprint density at radius 1 is 1.26 bits per heavy atom. The Morgan fingerprint density at radius 2 is 1.93 bits per heavy atom. The zero-order chi connectivity index (χ0) is 20.0. The number of carbonyl (C=O) groups is 3. The van der Waals surface area contributed by atoms with Crippen LogP contribution >= 0.6 is 0 Å². The topological polar surface area (TPSA) is 107 Å². The number of rotatable bonds is 7. The molecular formula is C20H28N2O5. The molecule has 1 saturated heterocycles. The molecular weight excluding hydrogens is 348 g/mol. The van der Waals surface area contributed by atoms with E-state index in [0.717, 1.165) is 0 Å². The molecule has 1 heterocycles. The Morgan fingerprint density at radius 3 is 2.52 bits per heavy atom. The smallest absolute Gasteiger partial charge is 0.314 e. The van der Waals surface area contributed by atoms with Gasteiger partial charge in [0.15, 0.2) is 0 Å². The average molecular weight is 376 g/mol. The summed E-state index contributed by atoms with van der Waals surface area (Å²) in [5.41, 5.74) is -0.905. The van der Waals surface area contributed by atoms with E-state index in [-0.39, 0.29) is 37.9 Å². The van der Waals surface area contributed by atoms with Crippen LogP contribution in [-0.4, -0.2) is 58.6 Å². The van der Waals surface area contributed by atoms with Crippen LogP contribution in [0.4, 0.5) is 0 Å². The van der Waals surface area contributed by atoms with Crippen LogP contribution in [0.25, 0.3) is 0 Å². The lowest BCUT2D eigenvalue weighted by atomic mass is 9.72. The molecule has 0 spiro atoms. The van der Waals surface area contributed by atoms with E-state index < -0.39 is 17.5 Å². The zero-order valence-corrected chi connectivity index (χ0v) is 15.9. The van der Waals surface area contributed by atoms with Gasteiger partial charge in [0.05, 0.1) is 12.6 Å². The molecule has 148 valence electrons. The number of benzene rings is 1. The van der Waals surface area contributed by atoms with E-state index in [0.29, 0.717) is 24.3 Å². The van der Waals surface area contributed by atoms with Crippen LogP contribution in [0.5, 0.6) is 0 Å². The number of hydrogen-bond acceptors (Lipinski definition) is 4. The standard InChI is InChI=1S/C20H28N2O5/c1-14(2)8-10-20(19(26)27)13-22(11-9-16(20)23)17(24)12-21-18(25)15-6-4-3-5-7-15/h3-7,14,16,23H,8-13H2,1-2H3,(H,21,25)(H,26,27)/t16-,20-/m1/s1. The van der Waals surface area contributed by atoms with Crippen molar-refractivity contribution in [1.29, 1.82) is 0 Å². The molecule has 0 saturated carbocycles. The Labute approximate surface area is 159 Å². The van der Waals surface area contributed by atoms with E-state index in [1.165, 1.54) is 4.90 Å². The average Bonchev–Trinajstić information content (AvgIpc) is 2.65. The summed E-state index contributed by atoms with van der Waals surface area (Å²) >= 11 is 0. The van der Waals surface area contributed by atoms with Crippen molar-refractivity contribution in [3.05, 3.63) is 35.9 Å². The number of nitrogens with one attached hydrogen (secondary N) is 1. The lowest BCUT2D eigenvalue weighted by Crippen LogP contribution is -2.58. The second-order valence-electron chi connectivity index (χ2n) is 7.56. The maximum atomic E-state index is 12.5. The van der Waals surface area contributed by atoms with Gasteiger partial charge in [0, 0.05) is 18.7 Å². The predicted octanol–water partition coefficient (Wildman–Crippen LogP) is 1.52. The molecule has 3 N–H and O–H groups in total. The van der Waals surface area contributed by atoms with Crippen molar-refractivity contribution in [2.45, 2.75) is 39.2 Å². The van der Waals surface area contributed by atoms with E-state index in [4.69, 9.17) is 0 Å². The Balaban J connectivity index is 2.01. The van der Waals surface area contributed by atoms with Gasteiger partial charge in [-0.3, -0.25) is 14.4 Å². The molecule has 0 radical (unpaired) electrons. The van der Waals surface area contributed by atoms with Crippen LogP contribution < -0.4 is 5.32 Å². The number of carboxylic acids is 1. The fourth-order valence-corrected chi connectivity index (χ4v) is 3.36. The molecule has 0 aromatic heterocycles. The number of hydrogen-bond donors (Lipinski definition) is 3. The summed E-state index contributed by atoms with van der Waals surface area (Å²) in [4.78, 5) is 38.0. The quantitative estimate of drug-likeness (QED) is 0.669. The molecule has 1 fully saturated rings. The first-order valence-corrected chi connectivity index (χ1v) is 9.29. The monoisotopic (exact) mass is 376 g/mol. The van der Waals surface area contributed by atoms with Gasteiger partial charge >= 0.3 is 5.97 Å². The van der Waals surface area contributed by atoms with Gasteiger partial charge in [0.25, 0.3) is 5.91 Å². The minimum atomic E-state index is -1.36. The van der Waals surface area contributed by atoms with Crippen LogP contribution in [0, 0.1) is 11.3 Å². The van der Waals surface area contributed by atoms with Crippen molar-refractivity contribution >= 4 is 17.8 Å². The molecule has 1 aromatic carbocycles. The molecule has 2 amide bonds. The fraction of sp³-hybridized carbons (Fsp3) is 0.550. The highest BCUT2D eigenvalue weighted by atomic mass is 16.4. The summed E-state index contributed by atoms with van der Waals surface area (Å²) in [6.07, 6.45) is 0.178. The fourth-order valence-electron chi connectivity index (χ4n) is 3.36. The second kappa shape index (κ2) is 8.99. The SMILES string of the molecule is CC(C)CC[C@@]1(C(=O)O)CN(C(=O)CNC(=O)c2ccccc2)CC[C@H]1O. The lowest BCUT2D eigenvalue weighted by molar-refractivity contribution is -0.167. The first kappa shape index (κ1) is 20.9. The predicted molar refractivity (Wildman–Crippen MR) is 100 cm³/mol. The van der Waals surface area contributed by atoms with Gasteiger partial charge in [0.2, 0.25) is 5.91 Å². The van der Waals surface area contributed by atoms with E-state index >= 15 is 0 Å². The largest absolute Gasteiger partial charge is 0.481 e. The minimum Gasteiger partial charge on any atom is -0.481 e. The van der Waals surface area contributed by atoms with E-state index in [1.54, 1.807) is 30.3 Å².